The van der Waals surface area contributed by atoms with Crippen molar-refractivity contribution in [3.63, 3.8) is 0 Å². The molecule has 0 radical (unpaired) electrons. The maximum Gasteiger partial charge on any atom is 0.315 e. The van der Waals surface area contributed by atoms with E-state index in [-0.39, 0.29) is 40.4 Å². The van der Waals surface area contributed by atoms with Crippen molar-refractivity contribution < 1.29 is 28.9 Å². The van der Waals surface area contributed by atoms with Crippen molar-refractivity contribution >= 4 is 29.1 Å². The quantitative estimate of drug-likeness (QED) is 0.626. The van der Waals surface area contributed by atoms with Crippen LogP contribution in [-0.4, -0.2) is 49.0 Å². The number of aliphatic imine (C=N–C) groups is 1. The van der Waals surface area contributed by atoms with Gasteiger partial charge in [-0.15, -0.1) is 0 Å². The average Bonchev–Trinajstić information content (AvgIpc) is 3.25. The van der Waals surface area contributed by atoms with Crippen LogP contribution in [0.4, 0.5) is 0 Å². The van der Waals surface area contributed by atoms with Crippen molar-refractivity contribution in [3.8, 4) is 11.5 Å². The first-order valence-corrected chi connectivity index (χ1v) is 11.6. The van der Waals surface area contributed by atoms with Gasteiger partial charge in [-0.1, -0.05) is 25.4 Å². The molecule has 1 aliphatic carbocycles. The lowest BCUT2D eigenvalue weighted by molar-refractivity contribution is -0.149. The zero-order valence-corrected chi connectivity index (χ0v) is 20.2. The number of benzene rings is 1. The number of rotatable bonds is 5. The van der Waals surface area contributed by atoms with Gasteiger partial charge in [-0.05, 0) is 49.3 Å². The van der Waals surface area contributed by atoms with Crippen LogP contribution in [0.2, 0.25) is 5.02 Å². The Hall–Kier alpha value is -2.38. The number of nitrogens with zero attached hydrogens (tertiary/aromatic N) is 1. The van der Waals surface area contributed by atoms with Gasteiger partial charge in [-0.3, -0.25) is 14.6 Å². The van der Waals surface area contributed by atoms with E-state index in [1.807, 2.05) is 13.8 Å². The van der Waals surface area contributed by atoms with Gasteiger partial charge in [0.25, 0.3) is 0 Å². The van der Waals surface area contributed by atoms with Crippen LogP contribution in [0.15, 0.2) is 28.4 Å². The van der Waals surface area contributed by atoms with Gasteiger partial charge in [-0.25, -0.2) is 0 Å². The van der Waals surface area contributed by atoms with Crippen molar-refractivity contribution in [1.29, 1.82) is 0 Å². The van der Waals surface area contributed by atoms with Crippen molar-refractivity contribution in [2.75, 3.05) is 20.3 Å². The van der Waals surface area contributed by atoms with E-state index < -0.39 is 17.8 Å². The van der Waals surface area contributed by atoms with Crippen molar-refractivity contribution in [3.05, 3.63) is 34.0 Å². The standard InChI is InChI=1S/C25H30ClNO6/c1-13-20(24(30)33-12-15-6-5-7-32-15)21(14-8-16(26)23(29)19(9-14)31-4)22-17(27-13)10-25(2,3)11-18(22)28/h8-9,15,20-21,29H,5-7,10-12H2,1-4H3/t15-,20?,21-/m0/s1. The van der Waals surface area contributed by atoms with Crippen molar-refractivity contribution in [1.82, 2.24) is 0 Å². The number of ketones is 1. The third-order valence-corrected chi connectivity index (χ3v) is 6.91. The molecular formula is C25H30ClNO6. The van der Waals surface area contributed by atoms with Gasteiger partial charge in [0.15, 0.2) is 17.3 Å². The van der Waals surface area contributed by atoms with E-state index in [1.54, 1.807) is 19.1 Å². The first-order chi connectivity index (χ1) is 15.6. The minimum atomic E-state index is -0.791. The fourth-order valence-electron chi connectivity index (χ4n) is 5.08. The number of hydrogen-bond donors (Lipinski definition) is 1. The second kappa shape index (κ2) is 9.11. The Kier molecular flexibility index (Phi) is 6.56. The molecule has 4 rings (SSSR count). The lowest BCUT2D eigenvalue weighted by Crippen LogP contribution is -2.40. The molecule has 1 unspecified atom stereocenters. The van der Waals surface area contributed by atoms with Gasteiger partial charge in [-0.2, -0.15) is 0 Å². The topological polar surface area (TPSA) is 94.4 Å². The number of carbonyl (C=O) groups is 2. The number of carbonyl (C=O) groups excluding carboxylic acids is 2. The summed E-state index contributed by atoms with van der Waals surface area (Å²) in [5.74, 6) is -1.93. The number of halogens is 1. The Labute approximate surface area is 198 Å². The van der Waals surface area contributed by atoms with E-state index in [9.17, 15) is 14.7 Å². The molecule has 33 heavy (non-hydrogen) atoms. The highest BCUT2D eigenvalue weighted by Crippen LogP contribution is 2.49. The number of phenolic OH excluding ortho intramolecular Hbond substituents is 1. The van der Waals surface area contributed by atoms with Gasteiger partial charge >= 0.3 is 5.97 Å². The SMILES string of the molecule is COc1cc([C@@H]2C3=C(CC(C)(C)CC3=O)N=C(C)C2C(=O)OC[C@@H]2CCCO2)cc(Cl)c1O. The minimum Gasteiger partial charge on any atom is -0.503 e. The number of methoxy groups -OCH3 is 1. The predicted molar refractivity (Wildman–Crippen MR) is 124 cm³/mol. The molecular weight excluding hydrogens is 446 g/mol. The number of Topliss-reactive ketones (excluding diaryl/α,β-unsaturated/α-hetero) is 1. The zero-order valence-electron chi connectivity index (χ0n) is 19.4. The summed E-state index contributed by atoms with van der Waals surface area (Å²) in [4.78, 5) is 31.4. The summed E-state index contributed by atoms with van der Waals surface area (Å²) in [7, 11) is 1.43. The lowest BCUT2D eigenvalue weighted by Gasteiger charge is -2.39. The molecule has 0 spiro atoms. The number of phenols is 1. The largest absolute Gasteiger partial charge is 0.503 e. The number of hydrogen-bond acceptors (Lipinski definition) is 7. The van der Waals surface area contributed by atoms with Crippen LogP contribution in [-0.2, 0) is 19.1 Å². The van der Waals surface area contributed by atoms with E-state index in [0.717, 1.165) is 12.8 Å². The smallest absolute Gasteiger partial charge is 0.315 e. The number of aromatic hydroxyl groups is 1. The van der Waals surface area contributed by atoms with E-state index in [1.165, 1.54) is 7.11 Å². The highest BCUT2D eigenvalue weighted by Gasteiger charge is 2.46. The highest BCUT2D eigenvalue weighted by molar-refractivity contribution is 6.32. The van der Waals surface area contributed by atoms with Gasteiger partial charge in [0, 0.05) is 35.9 Å². The summed E-state index contributed by atoms with van der Waals surface area (Å²) < 4.78 is 16.5. The minimum absolute atomic E-state index is 0.0393. The van der Waals surface area contributed by atoms with Crippen LogP contribution < -0.4 is 4.74 Å². The number of esters is 1. The Balaban J connectivity index is 1.78. The van der Waals surface area contributed by atoms with Crippen LogP contribution in [0.5, 0.6) is 11.5 Å². The van der Waals surface area contributed by atoms with E-state index in [0.29, 0.717) is 42.0 Å². The Morgan fingerprint density at radius 3 is 2.76 bits per heavy atom. The van der Waals surface area contributed by atoms with Gasteiger partial charge in [0.2, 0.25) is 0 Å². The fourth-order valence-corrected chi connectivity index (χ4v) is 5.30. The number of ether oxygens (including phenoxy) is 3. The molecule has 0 amide bonds. The molecule has 2 heterocycles. The van der Waals surface area contributed by atoms with E-state index in [4.69, 9.17) is 30.8 Å². The van der Waals surface area contributed by atoms with Gasteiger partial charge in [0.1, 0.15) is 12.5 Å². The second-order valence-corrected chi connectivity index (χ2v) is 10.2. The van der Waals surface area contributed by atoms with Gasteiger partial charge < -0.3 is 19.3 Å². The van der Waals surface area contributed by atoms with Crippen LogP contribution in [0.1, 0.15) is 57.9 Å². The molecule has 2 aliphatic heterocycles. The monoisotopic (exact) mass is 475 g/mol. The number of allylic oxidation sites excluding steroid dienone is 2. The Morgan fingerprint density at radius 1 is 1.33 bits per heavy atom. The molecule has 3 aliphatic rings. The zero-order chi connectivity index (χ0) is 23.9. The summed E-state index contributed by atoms with van der Waals surface area (Å²) in [5.41, 5.74) is 2.18. The van der Waals surface area contributed by atoms with Crippen LogP contribution in [0.25, 0.3) is 0 Å². The molecule has 1 aromatic carbocycles. The van der Waals surface area contributed by atoms with Crippen LogP contribution in [0.3, 0.4) is 0 Å². The predicted octanol–water partition coefficient (Wildman–Crippen LogP) is 4.59. The van der Waals surface area contributed by atoms with Crippen molar-refractivity contribution in [2.24, 2.45) is 16.3 Å². The lowest BCUT2D eigenvalue weighted by atomic mass is 9.67. The molecule has 0 saturated carbocycles. The molecule has 1 aromatic rings. The molecule has 8 heteroatoms. The summed E-state index contributed by atoms with van der Waals surface area (Å²) in [6.45, 7) is 6.71. The average molecular weight is 476 g/mol. The molecule has 0 aromatic heterocycles. The summed E-state index contributed by atoms with van der Waals surface area (Å²) in [5, 5.41) is 10.3. The highest BCUT2D eigenvalue weighted by atomic mass is 35.5. The molecule has 178 valence electrons. The molecule has 1 N–H and O–H groups in total. The third-order valence-electron chi connectivity index (χ3n) is 6.62. The second-order valence-electron chi connectivity index (χ2n) is 9.83. The maximum absolute atomic E-state index is 13.4. The van der Waals surface area contributed by atoms with Crippen LogP contribution in [0, 0.1) is 11.3 Å². The summed E-state index contributed by atoms with van der Waals surface area (Å²) >= 11 is 6.29. The Bertz CT molecular complexity index is 1040. The maximum atomic E-state index is 13.4. The summed E-state index contributed by atoms with van der Waals surface area (Å²) in [6.07, 6.45) is 2.67. The molecule has 7 nitrogen and oxygen atoms in total. The molecule has 1 fully saturated rings. The summed E-state index contributed by atoms with van der Waals surface area (Å²) in [6, 6.07) is 3.21. The van der Waals surface area contributed by atoms with Crippen molar-refractivity contribution in [2.45, 2.75) is 58.5 Å². The van der Waals surface area contributed by atoms with E-state index >= 15 is 0 Å². The molecule has 1 saturated heterocycles. The first kappa shape index (κ1) is 23.8. The third kappa shape index (κ3) is 4.66. The molecule has 3 atom stereocenters. The van der Waals surface area contributed by atoms with Gasteiger partial charge in [0.05, 0.1) is 18.2 Å². The Morgan fingerprint density at radius 2 is 2.09 bits per heavy atom. The molecule has 0 bridgehead atoms. The normalized spacial score (nSPS) is 26.6. The first-order valence-electron chi connectivity index (χ1n) is 11.3. The van der Waals surface area contributed by atoms with E-state index in [2.05, 4.69) is 0 Å². The fraction of sp³-hybridized carbons (Fsp3) is 0.560. The van der Waals surface area contributed by atoms with Crippen LogP contribution >= 0.6 is 11.6 Å².